The van der Waals surface area contributed by atoms with Gasteiger partial charge in [0, 0.05) is 13.6 Å². The summed E-state index contributed by atoms with van der Waals surface area (Å²) in [5.41, 5.74) is 0.673. The summed E-state index contributed by atoms with van der Waals surface area (Å²) in [4.78, 5) is 11.6. The van der Waals surface area contributed by atoms with E-state index in [2.05, 4.69) is 31.7 Å². The Labute approximate surface area is 109 Å². The predicted molar refractivity (Wildman–Crippen MR) is 71.3 cm³/mol. The fourth-order valence-corrected chi connectivity index (χ4v) is 2.47. The topological polar surface area (TPSA) is 59.0 Å². The molecule has 0 atom stereocenters. The van der Waals surface area contributed by atoms with Crippen molar-refractivity contribution in [3.05, 3.63) is 21.0 Å². The molecule has 1 saturated heterocycles. The molecule has 1 aromatic heterocycles. The molecule has 6 heteroatoms. The van der Waals surface area contributed by atoms with E-state index < -0.39 is 0 Å². The molecule has 0 radical (unpaired) electrons. The minimum absolute atomic E-state index is 0.111. The largest absolute Gasteiger partial charge is 0.382 e. The molecule has 0 aromatic carbocycles. The molecule has 0 unspecified atom stereocenters. The lowest BCUT2D eigenvalue weighted by molar-refractivity contribution is 0.390. The van der Waals surface area contributed by atoms with Crippen LogP contribution in [0.2, 0.25) is 0 Å². The van der Waals surface area contributed by atoms with Gasteiger partial charge >= 0.3 is 0 Å². The Morgan fingerprint density at radius 3 is 3.00 bits per heavy atom. The molecular weight excluding hydrogens is 284 g/mol. The van der Waals surface area contributed by atoms with Crippen LogP contribution in [0.5, 0.6) is 0 Å². The zero-order valence-electron chi connectivity index (χ0n) is 9.87. The second kappa shape index (κ2) is 5.64. The van der Waals surface area contributed by atoms with Crippen molar-refractivity contribution in [2.75, 3.05) is 25.0 Å². The van der Waals surface area contributed by atoms with Gasteiger partial charge < -0.3 is 10.6 Å². The van der Waals surface area contributed by atoms with E-state index in [1.54, 1.807) is 13.2 Å². The normalized spacial score (nSPS) is 17.1. The summed E-state index contributed by atoms with van der Waals surface area (Å²) in [6.07, 6.45) is 4.05. The van der Waals surface area contributed by atoms with E-state index in [0.29, 0.717) is 10.4 Å². The molecule has 1 aromatic rings. The number of piperidine rings is 1. The molecule has 2 rings (SSSR count). The van der Waals surface area contributed by atoms with Crippen LogP contribution in [0.3, 0.4) is 0 Å². The van der Waals surface area contributed by atoms with Crippen LogP contribution >= 0.6 is 15.9 Å². The van der Waals surface area contributed by atoms with Gasteiger partial charge in [0.05, 0.1) is 11.9 Å². The summed E-state index contributed by atoms with van der Waals surface area (Å²) >= 11 is 3.31. The Kier molecular flexibility index (Phi) is 4.17. The van der Waals surface area contributed by atoms with Crippen LogP contribution in [0.4, 0.5) is 5.69 Å². The van der Waals surface area contributed by atoms with Crippen LogP contribution in [-0.2, 0) is 7.05 Å². The number of halogens is 1. The number of hydrogen-bond acceptors (Lipinski definition) is 4. The van der Waals surface area contributed by atoms with Crippen LogP contribution in [-0.4, -0.2) is 29.4 Å². The Morgan fingerprint density at radius 2 is 2.29 bits per heavy atom. The maximum atomic E-state index is 11.6. The van der Waals surface area contributed by atoms with Gasteiger partial charge in [0.15, 0.2) is 0 Å². The smallest absolute Gasteiger partial charge is 0.282 e. The number of aryl methyl sites for hydroxylation is 1. The second-order valence-electron chi connectivity index (χ2n) is 4.38. The molecule has 1 aliphatic heterocycles. The average Bonchev–Trinajstić information content (AvgIpc) is 2.36. The molecule has 94 valence electrons. The van der Waals surface area contributed by atoms with Crippen molar-refractivity contribution < 1.29 is 0 Å². The Bertz CT molecular complexity index is 440. The first-order valence-electron chi connectivity index (χ1n) is 5.85. The van der Waals surface area contributed by atoms with Crippen LogP contribution in [0.25, 0.3) is 0 Å². The Balaban J connectivity index is 1.99. The molecule has 1 fully saturated rings. The molecule has 2 heterocycles. The number of nitrogens with zero attached hydrogens (tertiary/aromatic N) is 2. The van der Waals surface area contributed by atoms with Crippen LogP contribution in [0, 0.1) is 5.92 Å². The molecule has 0 bridgehead atoms. The number of aromatic nitrogens is 2. The first kappa shape index (κ1) is 12.6. The van der Waals surface area contributed by atoms with Crippen molar-refractivity contribution in [2.45, 2.75) is 12.8 Å². The van der Waals surface area contributed by atoms with E-state index in [1.165, 1.54) is 17.5 Å². The second-order valence-corrected chi connectivity index (χ2v) is 5.17. The SMILES string of the molecule is Cn1ncc(NCC2CCNCC2)c(Br)c1=O. The van der Waals surface area contributed by atoms with Crippen molar-refractivity contribution in [1.82, 2.24) is 15.1 Å². The third kappa shape index (κ3) is 3.07. The summed E-state index contributed by atoms with van der Waals surface area (Å²) in [6, 6.07) is 0. The van der Waals surface area contributed by atoms with Gasteiger partial charge in [0.2, 0.25) is 0 Å². The average molecular weight is 301 g/mol. The van der Waals surface area contributed by atoms with Crippen LogP contribution in [0.15, 0.2) is 15.5 Å². The van der Waals surface area contributed by atoms with Crippen LogP contribution in [0.1, 0.15) is 12.8 Å². The van der Waals surface area contributed by atoms with E-state index in [4.69, 9.17) is 0 Å². The van der Waals surface area contributed by atoms with E-state index in [-0.39, 0.29) is 5.56 Å². The molecular formula is C11H17BrN4O. The maximum absolute atomic E-state index is 11.6. The molecule has 17 heavy (non-hydrogen) atoms. The maximum Gasteiger partial charge on any atom is 0.282 e. The van der Waals surface area contributed by atoms with Crippen molar-refractivity contribution in [3.8, 4) is 0 Å². The molecule has 2 N–H and O–H groups in total. The lowest BCUT2D eigenvalue weighted by Crippen LogP contribution is -2.31. The van der Waals surface area contributed by atoms with Gasteiger partial charge in [-0.1, -0.05) is 0 Å². The van der Waals surface area contributed by atoms with Gasteiger partial charge in [-0.15, -0.1) is 0 Å². The molecule has 0 amide bonds. The number of nitrogens with one attached hydrogen (secondary N) is 2. The highest BCUT2D eigenvalue weighted by Crippen LogP contribution is 2.18. The Hall–Kier alpha value is -0.880. The third-order valence-corrected chi connectivity index (χ3v) is 3.88. The lowest BCUT2D eigenvalue weighted by atomic mass is 9.98. The zero-order valence-corrected chi connectivity index (χ0v) is 11.5. The van der Waals surface area contributed by atoms with Crippen molar-refractivity contribution in [3.63, 3.8) is 0 Å². The van der Waals surface area contributed by atoms with E-state index in [9.17, 15) is 4.79 Å². The van der Waals surface area contributed by atoms with E-state index in [0.717, 1.165) is 25.3 Å². The quantitative estimate of drug-likeness (QED) is 0.873. The van der Waals surface area contributed by atoms with Gasteiger partial charge in [0.1, 0.15) is 4.47 Å². The van der Waals surface area contributed by atoms with Crippen LogP contribution < -0.4 is 16.2 Å². The highest BCUT2D eigenvalue weighted by molar-refractivity contribution is 9.10. The van der Waals surface area contributed by atoms with E-state index in [1.807, 2.05) is 0 Å². The van der Waals surface area contributed by atoms with Crippen molar-refractivity contribution in [2.24, 2.45) is 13.0 Å². The minimum Gasteiger partial charge on any atom is -0.382 e. The summed E-state index contributed by atoms with van der Waals surface area (Å²) in [6.45, 7) is 3.07. The summed E-state index contributed by atoms with van der Waals surface area (Å²) < 4.78 is 1.88. The fourth-order valence-electron chi connectivity index (χ4n) is 1.97. The molecule has 0 saturated carbocycles. The zero-order chi connectivity index (χ0) is 12.3. The minimum atomic E-state index is -0.111. The standard InChI is InChI=1S/C11H17BrN4O/c1-16-11(17)10(12)9(7-15-16)14-6-8-2-4-13-5-3-8/h7-8,13-14H,2-6H2,1H3. The molecule has 1 aliphatic rings. The number of rotatable bonds is 3. The highest BCUT2D eigenvalue weighted by atomic mass is 79.9. The van der Waals surface area contributed by atoms with Gasteiger partial charge in [-0.25, -0.2) is 4.68 Å². The molecule has 5 nitrogen and oxygen atoms in total. The molecule has 0 spiro atoms. The highest BCUT2D eigenvalue weighted by Gasteiger charge is 2.14. The summed E-state index contributed by atoms with van der Waals surface area (Å²) in [5.74, 6) is 0.673. The van der Waals surface area contributed by atoms with E-state index >= 15 is 0 Å². The molecule has 0 aliphatic carbocycles. The third-order valence-electron chi connectivity index (χ3n) is 3.12. The van der Waals surface area contributed by atoms with Crippen molar-refractivity contribution >= 4 is 21.6 Å². The Morgan fingerprint density at radius 1 is 1.59 bits per heavy atom. The fraction of sp³-hybridized carbons (Fsp3) is 0.636. The summed E-state index contributed by atoms with van der Waals surface area (Å²) in [7, 11) is 1.64. The lowest BCUT2D eigenvalue weighted by Gasteiger charge is -2.23. The first-order valence-corrected chi connectivity index (χ1v) is 6.64. The predicted octanol–water partition coefficient (Wildman–Crippen LogP) is 0.954. The monoisotopic (exact) mass is 300 g/mol. The van der Waals surface area contributed by atoms with Gasteiger partial charge in [-0.05, 0) is 47.8 Å². The van der Waals surface area contributed by atoms with Gasteiger partial charge in [-0.3, -0.25) is 4.79 Å². The number of anilines is 1. The van der Waals surface area contributed by atoms with Gasteiger partial charge in [-0.2, -0.15) is 5.10 Å². The number of hydrogen-bond donors (Lipinski definition) is 2. The summed E-state index contributed by atoms with van der Waals surface area (Å²) in [5, 5.41) is 10.6. The van der Waals surface area contributed by atoms with Crippen molar-refractivity contribution in [1.29, 1.82) is 0 Å². The van der Waals surface area contributed by atoms with Gasteiger partial charge in [0.25, 0.3) is 5.56 Å². The first-order chi connectivity index (χ1) is 8.18.